The molecule has 0 aliphatic carbocycles. The number of rotatable bonds is 7. The highest BCUT2D eigenvalue weighted by Gasteiger charge is 2.24. The Morgan fingerprint density at radius 3 is 2.96 bits per heavy atom. The number of nitrogens with zero attached hydrogens (tertiary/aromatic N) is 4. The van der Waals surface area contributed by atoms with Gasteiger partial charge >= 0.3 is 0 Å². The van der Waals surface area contributed by atoms with Crippen LogP contribution in [0.25, 0.3) is 0 Å². The van der Waals surface area contributed by atoms with E-state index in [0.29, 0.717) is 37.5 Å². The molecule has 2 aromatic heterocycles. The first-order chi connectivity index (χ1) is 13.6. The van der Waals surface area contributed by atoms with Gasteiger partial charge in [0.05, 0.1) is 5.56 Å². The third-order valence-electron chi connectivity index (χ3n) is 5.24. The van der Waals surface area contributed by atoms with E-state index >= 15 is 0 Å². The van der Waals surface area contributed by atoms with Crippen LogP contribution in [0.15, 0.2) is 30.9 Å². The number of aryl methyl sites for hydroxylation is 3. The molecule has 3 heterocycles. The minimum Gasteiger partial charge on any atom is -0.352 e. The van der Waals surface area contributed by atoms with Gasteiger partial charge in [0.15, 0.2) is 0 Å². The van der Waals surface area contributed by atoms with Gasteiger partial charge in [0.1, 0.15) is 5.82 Å². The van der Waals surface area contributed by atoms with Crippen LogP contribution in [0.5, 0.6) is 0 Å². The molecule has 3 rings (SSSR count). The maximum absolute atomic E-state index is 12.6. The first-order valence-corrected chi connectivity index (χ1v) is 10.0. The van der Waals surface area contributed by atoms with E-state index in [-0.39, 0.29) is 11.8 Å². The molecule has 0 radical (unpaired) electrons. The summed E-state index contributed by atoms with van der Waals surface area (Å²) in [5.41, 5.74) is 1.54. The summed E-state index contributed by atoms with van der Waals surface area (Å²) in [4.78, 5) is 35.3. The fraction of sp³-hybridized carbons (Fsp3) is 0.524. The maximum Gasteiger partial charge on any atom is 0.252 e. The first kappa shape index (κ1) is 20.0. The molecule has 28 heavy (non-hydrogen) atoms. The lowest BCUT2D eigenvalue weighted by atomic mass is 9.97. The Balaban J connectivity index is 1.46. The van der Waals surface area contributed by atoms with Crippen LogP contribution in [0, 0.1) is 12.8 Å². The average Bonchev–Trinajstić information content (AvgIpc) is 3.18. The molecule has 7 heteroatoms. The molecule has 0 saturated carbocycles. The highest BCUT2D eigenvalue weighted by atomic mass is 16.2. The van der Waals surface area contributed by atoms with Gasteiger partial charge in [-0.2, -0.15) is 0 Å². The molecule has 7 nitrogen and oxygen atoms in total. The second-order valence-corrected chi connectivity index (χ2v) is 7.45. The smallest absolute Gasteiger partial charge is 0.252 e. The van der Waals surface area contributed by atoms with Crippen molar-refractivity contribution < 1.29 is 9.59 Å². The van der Waals surface area contributed by atoms with Crippen LogP contribution in [-0.2, 0) is 17.8 Å². The minimum atomic E-state index is -0.105. The van der Waals surface area contributed by atoms with Gasteiger partial charge in [-0.25, -0.2) is 4.98 Å². The molecule has 1 fully saturated rings. The van der Waals surface area contributed by atoms with Crippen molar-refractivity contribution in [3.63, 3.8) is 0 Å². The van der Waals surface area contributed by atoms with Crippen molar-refractivity contribution in [2.45, 2.75) is 46.1 Å². The van der Waals surface area contributed by atoms with Gasteiger partial charge < -0.3 is 14.8 Å². The highest BCUT2D eigenvalue weighted by molar-refractivity contribution is 5.94. The van der Waals surface area contributed by atoms with E-state index in [0.717, 1.165) is 37.2 Å². The Bertz CT molecular complexity index is 817. The number of likely N-dealkylation sites (tertiary alicyclic amines) is 1. The maximum atomic E-state index is 12.6. The zero-order valence-electron chi connectivity index (χ0n) is 16.7. The van der Waals surface area contributed by atoms with Crippen molar-refractivity contribution in [2.75, 3.05) is 19.6 Å². The first-order valence-electron chi connectivity index (χ1n) is 10.0. The molecule has 150 valence electrons. The molecule has 1 saturated heterocycles. The largest absolute Gasteiger partial charge is 0.352 e. The molecule has 0 spiro atoms. The van der Waals surface area contributed by atoms with Crippen LogP contribution >= 0.6 is 0 Å². The predicted octanol–water partition coefficient (Wildman–Crippen LogP) is 2.21. The van der Waals surface area contributed by atoms with Crippen LogP contribution in [-0.4, -0.2) is 50.9 Å². The van der Waals surface area contributed by atoms with E-state index in [1.807, 2.05) is 24.1 Å². The van der Waals surface area contributed by atoms with Crippen molar-refractivity contribution in [1.82, 2.24) is 24.8 Å². The lowest BCUT2D eigenvalue weighted by molar-refractivity contribution is -0.133. The van der Waals surface area contributed by atoms with Crippen LogP contribution in [0.3, 0.4) is 0 Å². The summed E-state index contributed by atoms with van der Waals surface area (Å²) in [6.45, 7) is 6.74. The van der Waals surface area contributed by atoms with Gasteiger partial charge in [-0.15, -0.1) is 0 Å². The molecule has 2 aromatic rings. The number of nitrogens with one attached hydrogen (secondary N) is 1. The summed E-state index contributed by atoms with van der Waals surface area (Å²) in [7, 11) is 0. The monoisotopic (exact) mass is 383 g/mol. The number of aromatic nitrogens is 3. The zero-order valence-corrected chi connectivity index (χ0v) is 16.7. The fourth-order valence-corrected chi connectivity index (χ4v) is 3.71. The number of pyridine rings is 1. The third-order valence-corrected chi connectivity index (χ3v) is 5.24. The molecule has 2 amide bonds. The number of piperidine rings is 1. The predicted molar refractivity (Wildman–Crippen MR) is 107 cm³/mol. The summed E-state index contributed by atoms with van der Waals surface area (Å²) >= 11 is 0. The summed E-state index contributed by atoms with van der Waals surface area (Å²) in [5.74, 6) is 1.37. The van der Waals surface area contributed by atoms with Gasteiger partial charge in [-0.1, -0.05) is 6.92 Å². The van der Waals surface area contributed by atoms with Crippen molar-refractivity contribution in [3.8, 4) is 0 Å². The number of hydrogen-bond acceptors (Lipinski definition) is 4. The van der Waals surface area contributed by atoms with E-state index in [1.165, 1.54) is 0 Å². The molecule has 1 atom stereocenters. The quantitative estimate of drug-likeness (QED) is 0.795. The third kappa shape index (κ3) is 5.18. The molecule has 1 unspecified atom stereocenters. The second-order valence-electron chi connectivity index (χ2n) is 7.45. The number of carbonyl (C=O) groups is 2. The zero-order chi connectivity index (χ0) is 19.9. The molecular formula is C21H29N5O2. The average molecular weight is 383 g/mol. The Kier molecular flexibility index (Phi) is 6.79. The van der Waals surface area contributed by atoms with E-state index < -0.39 is 0 Å². The van der Waals surface area contributed by atoms with Gasteiger partial charge in [0.25, 0.3) is 5.91 Å². The molecule has 0 bridgehead atoms. The Labute approximate surface area is 166 Å². The van der Waals surface area contributed by atoms with E-state index in [1.54, 1.807) is 18.6 Å². The summed E-state index contributed by atoms with van der Waals surface area (Å²) in [6.07, 6.45) is 10.4. The topological polar surface area (TPSA) is 80.1 Å². The van der Waals surface area contributed by atoms with Crippen LogP contribution in [0.4, 0.5) is 0 Å². The van der Waals surface area contributed by atoms with Crippen LogP contribution < -0.4 is 5.32 Å². The van der Waals surface area contributed by atoms with Crippen molar-refractivity contribution in [2.24, 2.45) is 5.92 Å². The molecule has 0 aromatic carbocycles. The van der Waals surface area contributed by atoms with Crippen molar-refractivity contribution in [1.29, 1.82) is 0 Å². The van der Waals surface area contributed by atoms with Crippen molar-refractivity contribution in [3.05, 3.63) is 47.8 Å². The minimum absolute atomic E-state index is 0.105. The highest BCUT2D eigenvalue weighted by Crippen LogP contribution is 2.17. The fourth-order valence-electron chi connectivity index (χ4n) is 3.71. The van der Waals surface area contributed by atoms with Gasteiger partial charge in [-0.05, 0) is 37.3 Å². The van der Waals surface area contributed by atoms with E-state index in [2.05, 4.69) is 26.8 Å². The van der Waals surface area contributed by atoms with Gasteiger partial charge in [-0.3, -0.25) is 14.6 Å². The Morgan fingerprint density at radius 2 is 2.18 bits per heavy atom. The Morgan fingerprint density at radius 1 is 1.32 bits per heavy atom. The SMILES string of the molecule is CCc1nccn1CCC(=O)N1CCCC(CNC(=O)c2cncc(C)c2)C1. The lowest BCUT2D eigenvalue weighted by Crippen LogP contribution is -2.44. The van der Waals surface area contributed by atoms with Gasteiger partial charge in [0.2, 0.25) is 5.91 Å². The number of imidazole rings is 1. The van der Waals surface area contributed by atoms with Crippen molar-refractivity contribution >= 4 is 11.8 Å². The molecular weight excluding hydrogens is 354 g/mol. The number of carbonyl (C=O) groups excluding carboxylic acids is 2. The number of hydrogen-bond donors (Lipinski definition) is 1. The van der Waals surface area contributed by atoms with E-state index in [9.17, 15) is 9.59 Å². The molecule has 1 aliphatic heterocycles. The number of amides is 2. The summed E-state index contributed by atoms with van der Waals surface area (Å²) in [6, 6.07) is 1.83. The standard InChI is InChI=1S/C21H29N5O2/c1-3-19-23-7-10-25(19)9-6-20(27)26-8-4-5-17(15-26)13-24-21(28)18-11-16(2)12-22-14-18/h7,10-12,14,17H,3-6,8-9,13,15H2,1-2H3,(H,24,28). The molecule has 1 N–H and O–H groups in total. The molecule has 1 aliphatic rings. The van der Waals surface area contributed by atoms with Gasteiger partial charge in [0, 0.05) is 63.8 Å². The second kappa shape index (κ2) is 9.48. The summed E-state index contributed by atoms with van der Waals surface area (Å²) < 4.78 is 2.05. The Hall–Kier alpha value is -2.70. The van der Waals surface area contributed by atoms with E-state index in [4.69, 9.17) is 0 Å². The van der Waals surface area contributed by atoms with Crippen LogP contribution in [0.2, 0.25) is 0 Å². The summed E-state index contributed by atoms with van der Waals surface area (Å²) in [5, 5.41) is 3.00. The lowest BCUT2D eigenvalue weighted by Gasteiger charge is -2.33. The normalized spacial score (nSPS) is 16.8. The van der Waals surface area contributed by atoms with Crippen LogP contribution in [0.1, 0.15) is 47.9 Å².